The van der Waals surface area contributed by atoms with Crippen molar-refractivity contribution in [2.75, 3.05) is 0 Å². The van der Waals surface area contributed by atoms with Crippen molar-refractivity contribution < 1.29 is 0 Å². The van der Waals surface area contributed by atoms with E-state index in [0.29, 0.717) is 0 Å². The first-order valence-corrected chi connectivity index (χ1v) is 21.5. The molecule has 6 saturated carbocycles. The van der Waals surface area contributed by atoms with Crippen LogP contribution in [-0.2, 0) is 0 Å². The quantitative estimate of drug-likeness (QED) is 0.269. The van der Waals surface area contributed by atoms with Gasteiger partial charge in [0.15, 0.2) is 0 Å². The van der Waals surface area contributed by atoms with Gasteiger partial charge in [-0.15, -0.1) is 0 Å². The van der Waals surface area contributed by atoms with Crippen LogP contribution in [0.5, 0.6) is 0 Å². The highest BCUT2D eigenvalue weighted by Gasteiger charge is 2.48. The number of hydrogen-bond acceptors (Lipinski definition) is 0. The fraction of sp³-hybridized carbons (Fsp3) is 1.00. The molecule has 0 spiro atoms. The van der Waals surface area contributed by atoms with Crippen molar-refractivity contribution in [3.05, 3.63) is 0 Å². The summed E-state index contributed by atoms with van der Waals surface area (Å²) in [5.74, 6) is 10.1. The number of hydrogen-bond donors (Lipinski definition) is 0. The first-order chi connectivity index (χ1) is 21.5. The Morgan fingerprint density at radius 3 is 1.04 bits per heavy atom. The van der Waals surface area contributed by atoms with Crippen LogP contribution >= 0.6 is 0 Å². The zero-order valence-corrected chi connectivity index (χ0v) is 34.9. The predicted octanol–water partition coefficient (Wildman–Crippen LogP) is 15.6. The molecule has 4 atom stereocenters. The Hall–Kier alpha value is 0.130. The molecule has 46 heavy (non-hydrogen) atoms. The first-order valence-electron chi connectivity index (χ1n) is 21.5. The van der Waals surface area contributed by atoms with Crippen LogP contribution in [0, 0.1) is 53.3 Å². The molecule has 0 aromatic rings. The summed E-state index contributed by atoms with van der Waals surface area (Å²) in [4.78, 5) is 0. The normalized spacial score (nSPS) is 31.5. The Kier molecular flexibility index (Phi) is 41.9. The van der Waals surface area contributed by atoms with E-state index in [9.17, 15) is 0 Å². The summed E-state index contributed by atoms with van der Waals surface area (Å²) in [7, 11) is 0. The monoisotopic (exact) mass is 643 g/mol. The Bertz CT molecular complexity index is 504. The molecular weight excluding hydrogens is 550 g/mol. The van der Waals surface area contributed by atoms with Gasteiger partial charge in [0.2, 0.25) is 0 Å². The van der Waals surface area contributed by atoms with Gasteiger partial charge in [0.05, 0.1) is 0 Å². The van der Waals surface area contributed by atoms with E-state index in [2.05, 4.69) is 34.6 Å². The molecule has 0 aromatic carbocycles. The summed E-state index contributed by atoms with van der Waals surface area (Å²) < 4.78 is 0. The van der Waals surface area contributed by atoms with Crippen LogP contribution in [0.2, 0.25) is 0 Å². The molecule has 4 unspecified atom stereocenters. The van der Waals surface area contributed by atoms with Crippen molar-refractivity contribution in [1.29, 1.82) is 0 Å². The van der Waals surface area contributed by atoms with Gasteiger partial charge in [0.25, 0.3) is 0 Å². The van der Waals surface area contributed by atoms with Gasteiger partial charge in [-0.05, 0) is 91.8 Å². The third kappa shape index (κ3) is 22.0. The summed E-state index contributed by atoms with van der Waals surface area (Å²) in [5, 5.41) is 0. The van der Waals surface area contributed by atoms with E-state index >= 15 is 0 Å². The highest BCUT2D eigenvalue weighted by atomic mass is 14.5. The summed E-state index contributed by atoms with van der Waals surface area (Å²) in [5.41, 5.74) is 0. The second-order valence-electron chi connectivity index (χ2n) is 14.7. The summed E-state index contributed by atoms with van der Waals surface area (Å²) in [6.45, 7) is 27.4. The van der Waals surface area contributed by atoms with E-state index in [1.54, 1.807) is 44.9 Å². The average molecular weight is 643 g/mol. The molecule has 0 saturated heterocycles. The van der Waals surface area contributed by atoms with Gasteiger partial charge in [-0.1, -0.05) is 193 Å². The molecule has 6 fully saturated rings. The van der Waals surface area contributed by atoms with Crippen LogP contribution in [-0.4, -0.2) is 16.8 Å². The lowest BCUT2D eigenvalue weighted by Crippen LogP contribution is -2.19. The second-order valence-corrected chi connectivity index (χ2v) is 14.7. The highest BCUT2D eigenvalue weighted by molar-refractivity contribution is 5.76. The molecule has 2 heteroatoms. The standard InChI is InChI=1S/C15H28.C10H16.C8H16.C3H8.4C2H6.2B/c1-12-3-7-14(8-4-12)11-15-9-5-13(2)6-10-15;1-2-9-7-4-5-8(6-7)10(9)3-1;1-2-8-6-4-3-5-7-8;1-3-2;4*1-2;;/h12-15H,3-11H2,1-2H3;7-10H,1-6H2;8H,2-7H2,1H3;3H2,1-2H3;4*1-2H3;;. The van der Waals surface area contributed by atoms with Gasteiger partial charge >= 0.3 is 0 Å². The van der Waals surface area contributed by atoms with Crippen LogP contribution in [0.25, 0.3) is 0 Å². The largest absolute Gasteiger partial charge is 0.0683 e. The SMILES string of the molecule is C1CC2C3CCC(C3)C2C1.CC.CC.CC.CC.CC1CCC(CC2CCC(C)CC2)CC1.CCC.CCC1CCCCC1.[B].[B]. The Balaban J connectivity index is -0.000000251. The Morgan fingerprint density at radius 2 is 0.739 bits per heavy atom. The van der Waals surface area contributed by atoms with Gasteiger partial charge in [-0.25, -0.2) is 0 Å². The van der Waals surface area contributed by atoms with Gasteiger partial charge in [-0.2, -0.15) is 0 Å². The fourth-order valence-electron chi connectivity index (χ4n) is 9.21. The van der Waals surface area contributed by atoms with E-state index in [-0.39, 0.29) is 16.8 Å². The van der Waals surface area contributed by atoms with E-state index in [1.807, 2.05) is 55.4 Å². The molecule has 0 N–H and O–H groups in total. The Morgan fingerprint density at radius 1 is 0.391 bits per heavy atom. The second kappa shape index (κ2) is 36.4. The average Bonchev–Trinajstić information content (AvgIpc) is 3.86. The maximum atomic E-state index is 2.43. The third-order valence-corrected chi connectivity index (χ3v) is 11.6. The zero-order valence-electron chi connectivity index (χ0n) is 34.9. The van der Waals surface area contributed by atoms with Crippen LogP contribution in [0.4, 0.5) is 0 Å². The van der Waals surface area contributed by atoms with Crippen molar-refractivity contribution in [3.8, 4) is 0 Å². The first kappa shape index (κ1) is 52.9. The minimum atomic E-state index is 0. The van der Waals surface area contributed by atoms with Crippen molar-refractivity contribution in [3.63, 3.8) is 0 Å². The molecule has 6 aliphatic rings. The molecule has 0 aromatic heterocycles. The summed E-state index contributed by atoms with van der Waals surface area (Å²) in [6.07, 6.45) is 33.5. The van der Waals surface area contributed by atoms with Crippen molar-refractivity contribution in [2.24, 2.45) is 53.3 Å². The molecule has 6 rings (SSSR count). The summed E-state index contributed by atoms with van der Waals surface area (Å²) >= 11 is 0. The molecule has 6 radical (unpaired) electrons. The van der Waals surface area contributed by atoms with Crippen molar-refractivity contribution >= 4 is 16.8 Å². The lowest BCUT2D eigenvalue weighted by molar-refractivity contribution is 0.201. The molecule has 274 valence electrons. The van der Waals surface area contributed by atoms with E-state index in [4.69, 9.17) is 0 Å². The molecule has 0 amide bonds. The number of rotatable bonds is 3. The summed E-state index contributed by atoms with van der Waals surface area (Å²) in [6, 6.07) is 0. The maximum absolute atomic E-state index is 2.43. The van der Waals surface area contributed by atoms with E-state index in [1.165, 1.54) is 120 Å². The molecule has 0 heterocycles. The lowest BCUT2D eigenvalue weighted by Gasteiger charge is -2.32. The third-order valence-electron chi connectivity index (χ3n) is 11.6. The minimum absolute atomic E-state index is 0. The lowest BCUT2D eigenvalue weighted by atomic mass is 9.74. The highest BCUT2D eigenvalue weighted by Crippen LogP contribution is 2.58. The zero-order chi connectivity index (χ0) is 33.8. The molecule has 6 aliphatic carbocycles. The molecule has 0 nitrogen and oxygen atoms in total. The van der Waals surface area contributed by atoms with Crippen molar-refractivity contribution in [1.82, 2.24) is 0 Å². The topological polar surface area (TPSA) is 0 Å². The van der Waals surface area contributed by atoms with Gasteiger partial charge in [0, 0.05) is 16.8 Å². The predicted molar refractivity (Wildman–Crippen MR) is 218 cm³/mol. The molecule has 2 bridgehead atoms. The number of fused-ring (bicyclic) bond motifs is 5. The fourth-order valence-corrected chi connectivity index (χ4v) is 9.21. The van der Waals surface area contributed by atoms with Crippen LogP contribution in [0.1, 0.15) is 231 Å². The molecule has 0 aliphatic heterocycles. The maximum Gasteiger partial charge on any atom is 0 e. The van der Waals surface area contributed by atoms with Crippen LogP contribution < -0.4 is 0 Å². The van der Waals surface area contributed by atoms with E-state index in [0.717, 1.165) is 29.6 Å². The minimum Gasteiger partial charge on any atom is -0.0683 e. The van der Waals surface area contributed by atoms with Gasteiger partial charge < -0.3 is 0 Å². The van der Waals surface area contributed by atoms with E-state index < -0.39 is 0 Å². The van der Waals surface area contributed by atoms with Crippen LogP contribution in [0.3, 0.4) is 0 Å². The van der Waals surface area contributed by atoms with Crippen molar-refractivity contribution in [2.45, 2.75) is 231 Å². The Labute approximate surface area is 300 Å². The molecular formula is C44H92B2. The smallest absolute Gasteiger partial charge is 0 e. The van der Waals surface area contributed by atoms with Gasteiger partial charge in [0.1, 0.15) is 0 Å². The van der Waals surface area contributed by atoms with Gasteiger partial charge in [-0.3, -0.25) is 0 Å². The van der Waals surface area contributed by atoms with Crippen LogP contribution in [0.15, 0.2) is 0 Å².